The van der Waals surface area contributed by atoms with Gasteiger partial charge in [0.25, 0.3) is 0 Å². The first-order chi connectivity index (χ1) is 13.4. The van der Waals surface area contributed by atoms with E-state index in [1.165, 1.54) is 89.9 Å². The van der Waals surface area contributed by atoms with Crippen LogP contribution < -0.4 is 12.4 Å². The number of hydrogen-bond acceptors (Lipinski definition) is 1. The molecule has 0 rings (SSSR count). The van der Waals surface area contributed by atoms with Gasteiger partial charge in [0, 0.05) is 0 Å². The van der Waals surface area contributed by atoms with Crippen LogP contribution in [0.15, 0.2) is 25.3 Å². The highest BCUT2D eigenvalue weighted by Gasteiger charge is 2.07. The van der Waals surface area contributed by atoms with Crippen LogP contribution >= 0.6 is 0 Å². The number of aliphatic hydroxyl groups is 1. The third-order valence-electron chi connectivity index (χ3n) is 5.22. The van der Waals surface area contributed by atoms with Crippen LogP contribution in [-0.4, -0.2) is 42.9 Å². The number of nitrogens with zero attached hydrogens (tertiary/aromatic N) is 1. The molecule has 0 aliphatic heterocycles. The van der Waals surface area contributed by atoms with E-state index in [4.69, 9.17) is 5.11 Å². The lowest BCUT2D eigenvalue weighted by Crippen LogP contribution is -3.00. The Morgan fingerprint density at radius 2 is 1.00 bits per heavy atom. The Morgan fingerprint density at radius 1 is 0.690 bits per heavy atom. The number of likely N-dealkylation sites (N-methyl/N-ethyl adjacent to an activating group) is 1. The molecule has 0 saturated carbocycles. The highest BCUT2D eigenvalue weighted by molar-refractivity contribution is 4.69. The molecule has 1 N–H and O–H groups in total. The third-order valence-corrected chi connectivity index (χ3v) is 5.22. The van der Waals surface area contributed by atoms with E-state index in [1.807, 2.05) is 19.1 Å². The maximum atomic E-state index is 9.14. The zero-order valence-corrected chi connectivity index (χ0v) is 21.2. The quantitative estimate of drug-likeness (QED) is 0.179. The molecule has 2 nitrogen and oxygen atoms in total. The molecule has 0 aliphatic carbocycles. The smallest absolute Gasteiger partial charge is 0.0969 e. The monoisotopic (exact) mass is 431 g/mol. The second-order valence-corrected chi connectivity index (χ2v) is 9.11. The molecule has 29 heavy (non-hydrogen) atoms. The van der Waals surface area contributed by atoms with E-state index in [1.54, 1.807) is 0 Å². The van der Waals surface area contributed by atoms with Crippen molar-refractivity contribution < 1.29 is 22.0 Å². The van der Waals surface area contributed by atoms with Crippen molar-refractivity contribution in [2.75, 3.05) is 27.2 Å². The maximum absolute atomic E-state index is 9.14. The number of unbranched alkanes of at least 4 members (excludes halogenated alkanes) is 13. The Bertz CT molecular complexity index is 317. The lowest BCUT2D eigenvalue weighted by Gasteiger charge is -2.26. The zero-order chi connectivity index (χ0) is 21.5. The molecule has 1 atom stereocenters. The molecule has 0 aromatic rings. The van der Waals surface area contributed by atoms with Crippen molar-refractivity contribution >= 4 is 0 Å². The number of hydrogen-bond donors (Lipinski definition) is 1. The van der Waals surface area contributed by atoms with Gasteiger partial charge in [-0.2, -0.15) is 0 Å². The second kappa shape index (κ2) is 25.7. The number of halogens is 1. The number of aliphatic hydroxyl groups excluding tert-OH is 1. The van der Waals surface area contributed by atoms with Crippen LogP contribution in [-0.2, 0) is 0 Å². The molecule has 1 unspecified atom stereocenters. The molecule has 0 aromatic carbocycles. The summed E-state index contributed by atoms with van der Waals surface area (Å²) in [6, 6.07) is 0. The third kappa shape index (κ3) is 32.6. The molecule has 0 spiro atoms. The van der Waals surface area contributed by atoms with Crippen molar-refractivity contribution in [3.8, 4) is 0 Å². The summed E-state index contributed by atoms with van der Waals surface area (Å²) in [5.74, 6) is 0. The van der Waals surface area contributed by atoms with E-state index in [0.29, 0.717) is 0 Å². The van der Waals surface area contributed by atoms with Crippen LogP contribution in [0.2, 0.25) is 0 Å². The number of rotatable bonds is 19. The summed E-state index contributed by atoms with van der Waals surface area (Å²) in [7, 11) is 4.31. The Balaban J connectivity index is -0.000000572. The van der Waals surface area contributed by atoms with Crippen molar-refractivity contribution in [1.82, 2.24) is 0 Å². The lowest BCUT2D eigenvalue weighted by atomic mass is 10.0. The molecule has 0 fully saturated rings. The van der Waals surface area contributed by atoms with E-state index in [0.717, 1.165) is 24.0 Å². The van der Waals surface area contributed by atoms with Crippen molar-refractivity contribution in [2.45, 2.75) is 116 Å². The van der Waals surface area contributed by atoms with Gasteiger partial charge in [0.1, 0.15) is 0 Å². The van der Waals surface area contributed by atoms with Gasteiger partial charge in [-0.15, -0.1) is 0 Å². The fourth-order valence-electron chi connectivity index (χ4n) is 3.41. The fourth-order valence-corrected chi connectivity index (χ4v) is 3.41. The molecule has 0 saturated heterocycles. The highest BCUT2D eigenvalue weighted by Crippen LogP contribution is 2.13. The van der Waals surface area contributed by atoms with E-state index in [2.05, 4.69) is 34.2 Å². The van der Waals surface area contributed by atoms with Gasteiger partial charge in [0.15, 0.2) is 0 Å². The molecule has 0 bridgehead atoms. The molecule has 0 aromatic heterocycles. The molecule has 0 amide bonds. The van der Waals surface area contributed by atoms with Crippen LogP contribution in [0.4, 0.5) is 0 Å². The predicted molar refractivity (Wildman–Crippen MR) is 129 cm³/mol. The first-order valence-corrected chi connectivity index (χ1v) is 12.1. The Morgan fingerprint density at radius 3 is 1.28 bits per heavy atom. The summed E-state index contributed by atoms with van der Waals surface area (Å²) < 4.78 is 0.951. The normalized spacial score (nSPS) is 11.8. The van der Waals surface area contributed by atoms with E-state index < -0.39 is 0 Å². The minimum absolute atomic E-state index is 0. The predicted octanol–water partition coefficient (Wildman–Crippen LogP) is 4.68. The first-order valence-electron chi connectivity index (χ1n) is 12.1. The Hall–Kier alpha value is -0.310. The zero-order valence-electron chi connectivity index (χ0n) is 20.4. The summed E-state index contributed by atoms with van der Waals surface area (Å²) in [6.45, 7) is 13.5. The van der Waals surface area contributed by atoms with Crippen molar-refractivity contribution in [3.05, 3.63) is 25.3 Å². The fraction of sp³-hybridized carbons (Fsp3) is 0.846. The average Bonchev–Trinajstić information content (AvgIpc) is 2.62. The van der Waals surface area contributed by atoms with Gasteiger partial charge in [0.05, 0.1) is 33.3 Å². The lowest BCUT2D eigenvalue weighted by molar-refractivity contribution is -0.878. The first kappa shape index (κ1) is 33.3. The molecule has 176 valence electrons. The van der Waals surface area contributed by atoms with Crippen LogP contribution in [0.5, 0.6) is 0 Å². The molecular weight excluding hydrogens is 378 g/mol. The largest absolute Gasteiger partial charge is 1.00 e. The van der Waals surface area contributed by atoms with Gasteiger partial charge in [-0.1, -0.05) is 110 Å². The van der Waals surface area contributed by atoms with Crippen LogP contribution in [0.1, 0.15) is 110 Å². The van der Waals surface area contributed by atoms with Crippen LogP contribution in [0.25, 0.3) is 0 Å². The van der Waals surface area contributed by atoms with E-state index in [9.17, 15) is 0 Å². The van der Waals surface area contributed by atoms with Crippen molar-refractivity contribution in [1.29, 1.82) is 0 Å². The van der Waals surface area contributed by atoms with Gasteiger partial charge < -0.3 is 22.0 Å². The standard InChI is InChI=1S/C18H38O.C8H16N.ClH/c1-3-4-5-6-7-8-9-10-11-12-13-14-15-16-17-18(2)19;1-5-7-9(3,4)8-6-2;/h18-19H,3-17H2,1-2H3;5-6H,1-2,7-8H2,3-4H3;1H/q;+1;/p-1. The van der Waals surface area contributed by atoms with Crippen LogP contribution in [0.3, 0.4) is 0 Å². The molecule has 0 aliphatic rings. The summed E-state index contributed by atoms with van der Waals surface area (Å²) in [6.07, 6.45) is 24.4. The van der Waals surface area contributed by atoms with Crippen molar-refractivity contribution in [3.63, 3.8) is 0 Å². The second-order valence-electron chi connectivity index (χ2n) is 9.11. The number of quaternary nitrogens is 1. The molecule has 0 radical (unpaired) electrons. The molecule has 0 heterocycles. The van der Waals surface area contributed by atoms with Gasteiger partial charge >= 0.3 is 0 Å². The van der Waals surface area contributed by atoms with Gasteiger partial charge in [-0.3, -0.25) is 0 Å². The maximum Gasteiger partial charge on any atom is 0.0969 e. The van der Waals surface area contributed by atoms with E-state index in [-0.39, 0.29) is 18.5 Å². The van der Waals surface area contributed by atoms with E-state index >= 15 is 0 Å². The summed E-state index contributed by atoms with van der Waals surface area (Å²) in [4.78, 5) is 0. The summed E-state index contributed by atoms with van der Waals surface area (Å²) in [5.41, 5.74) is 0. The van der Waals surface area contributed by atoms with Crippen molar-refractivity contribution in [2.24, 2.45) is 0 Å². The van der Waals surface area contributed by atoms with Crippen LogP contribution in [0, 0.1) is 0 Å². The van der Waals surface area contributed by atoms with Gasteiger partial charge in [-0.25, -0.2) is 0 Å². The Labute approximate surface area is 190 Å². The topological polar surface area (TPSA) is 20.2 Å². The minimum atomic E-state index is -0.0997. The van der Waals surface area contributed by atoms with Gasteiger partial charge in [-0.05, 0) is 25.5 Å². The minimum Gasteiger partial charge on any atom is -1.00 e. The SMILES string of the molecule is C=CC[N+](C)(C)CC=C.CCCCCCCCCCCCCCCCC(C)O.[Cl-]. The molecular formula is C26H54ClNO. The molecule has 3 heteroatoms. The summed E-state index contributed by atoms with van der Waals surface area (Å²) in [5, 5.41) is 9.14. The summed E-state index contributed by atoms with van der Waals surface area (Å²) >= 11 is 0. The average molecular weight is 432 g/mol. The van der Waals surface area contributed by atoms with Gasteiger partial charge in [0.2, 0.25) is 0 Å². The Kier molecular flexibility index (Phi) is 29.6. The highest BCUT2D eigenvalue weighted by atomic mass is 35.5.